The molecule has 1 aromatic heterocycles. The lowest BCUT2D eigenvalue weighted by Gasteiger charge is -2.31. The van der Waals surface area contributed by atoms with Gasteiger partial charge in [-0.15, -0.1) is 11.3 Å². The van der Waals surface area contributed by atoms with Gasteiger partial charge in [0.2, 0.25) is 0 Å². The zero-order valence-corrected chi connectivity index (χ0v) is 21.2. The van der Waals surface area contributed by atoms with Crippen LogP contribution in [-0.2, 0) is 17.7 Å². The number of hydrogen-bond donors (Lipinski definition) is 1. The highest BCUT2D eigenvalue weighted by Gasteiger charge is 2.26. The fourth-order valence-electron chi connectivity index (χ4n) is 4.31. The van der Waals surface area contributed by atoms with Gasteiger partial charge in [0.05, 0.1) is 18.8 Å². The Morgan fingerprint density at radius 3 is 2.58 bits per heavy atom. The molecule has 0 bridgehead atoms. The molecule has 0 spiro atoms. The second-order valence-electron chi connectivity index (χ2n) is 8.88. The van der Waals surface area contributed by atoms with Gasteiger partial charge in [-0.25, -0.2) is 14.2 Å². The van der Waals surface area contributed by atoms with E-state index < -0.39 is 11.8 Å². The summed E-state index contributed by atoms with van der Waals surface area (Å²) in [6, 6.07) is 16.0. The molecule has 7 nitrogen and oxygen atoms in total. The molecule has 0 saturated carbocycles. The van der Waals surface area contributed by atoms with Crippen molar-refractivity contribution in [1.29, 1.82) is 0 Å². The van der Waals surface area contributed by atoms with Gasteiger partial charge in [-0.2, -0.15) is 0 Å². The molecule has 2 heterocycles. The van der Waals surface area contributed by atoms with Crippen LogP contribution in [0.4, 0.5) is 14.9 Å². The van der Waals surface area contributed by atoms with Gasteiger partial charge in [0, 0.05) is 32.1 Å². The number of nitrogens with zero attached hydrogens (tertiary/aromatic N) is 3. The Morgan fingerprint density at radius 2 is 1.86 bits per heavy atom. The average molecular weight is 511 g/mol. The van der Waals surface area contributed by atoms with Crippen LogP contribution >= 0.6 is 11.3 Å². The summed E-state index contributed by atoms with van der Waals surface area (Å²) in [6.07, 6.45) is 2.98. The maximum Gasteiger partial charge on any atom is 0.322 e. The van der Waals surface area contributed by atoms with Crippen LogP contribution in [0, 0.1) is 11.7 Å². The molecule has 36 heavy (non-hydrogen) atoms. The number of nitrogens with one attached hydrogen (secondary N) is 1. The lowest BCUT2D eigenvalue weighted by atomic mass is 9.90. The number of halogens is 1. The standard InChI is InChI=1S/C27H31FN4O3S/c1-35-16-15-32(27(34)30-23-10-6-5-9-22(23)28)18-25-29-24(19-36-25)26(33)31-13-11-21(12-14-31)17-20-7-3-2-4-8-20/h2-10,19,21H,11-18H2,1H3,(H,30,34). The second kappa shape index (κ2) is 12.6. The van der Waals surface area contributed by atoms with E-state index >= 15 is 0 Å². The van der Waals surface area contributed by atoms with Crippen molar-refractivity contribution in [2.24, 2.45) is 5.92 Å². The maximum absolute atomic E-state index is 14.0. The smallest absolute Gasteiger partial charge is 0.322 e. The first-order valence-corrected chi connectivity index (χ1v) is 13.0. The number of benzene rings is 2. The molecule has 0 radical (unpaired) electrons. The van der Waals surface area contributed by atoms with Crippen molar-refractivity contribution >= 4 is 29.0 Å². The van der Waals surface area contributed by atoms with E-state index in [0.29, 0.717) is 42.9 Å². The molecule has 9 heteroatoms. The second-order valence-corrected chi connectivity index (χ2v) is 9.82. The van der Waals surface area contributed by atoms with Crippen molar-refractivity contribution in [2.45, 2.75) is 25.8 Å². The van der Waals surface area contributed by atoms with Gasteiger partial charge in [-0.3, -0.25) is 4.79 Å². The molecule has 2 aromatic carbocycles. The van der Waals surface area contributed by atoms with Crippen molar-refractivity contribution in [3.63, 3.8) is 0 Å². The van der Waals surface area contributed by atoms with Crippen LogP contribution in [0.3, 0.4) is 0 Å². The molecule has 0 aliphatic carbocycles. The van der Waals surface area contributed by atoms with Crippen LogP contribution in [0.25, 0.3) is 0 Å². The van der Waals surface area contributed by atoms with Gasteiger partial charge in [0.25, 0.3) is 5.91 Å². The Hall–Kier alpha value is -3.30. The largest absolute Gasteiger partial charge is 0.383 e. The first-order chi connectivity index (χ1) is 17.5. The number of para-hydroxylation sites is 1. The summed E-state index contributed by atoms with van der Waals surface area (Å²) in [5, 5.41) is 4.98. The van der Waals surface area contributed by atoms with Crippen LogP contribution in [-0.4, -0.2) is 60.1 Å². The Morgan fingerprint density at radius 1 is 1.14 bits per heavy atom. The summed E-state index contributed by atoms with van der Waals surface area (Å²) in [4.78, 5) is 33.8. The number of carbonyl (C=O) groups excluding carboxylic acids is 2. The molecule has 190 valence electrons. The predicted octanol–water partition coefficient (Wildman–Crippen LogP) is 5.06. The van der Waals surface area contributed by atoms with Gasteiger partial charge in [-0.05, 0) is 42.9 Å². The monoisotopic (exact) mass is 510 g/mol. The molecular weight excluding hydrogens is 479 g/mol. The minimum Gasteiger partial charge on any atom is -0.383 e. The van der Waals surface area contributed by atoms with Gasteiger partial charge in [0.15, 0.2) is 0 Å². The van der Waals surface area contributed by atoms with Crippen molar-refractivity contribution < 1.29 is 18.7 Å². The maximum atomic E-state index is 14.0. The summed E-state index contributed by atoms with van der Waals surface area (Å²) in [5.41, 5.74) is 1.84. The Kier molecular flexibility index (Phi) is 9.02. The first kappa shape index (κ1) is 25.8. The minimum atomic E-state index is -0.507. The number of methoxy groups -OCH3 is 1. The van der Waals surface area contributed by atoms with Gasteiger partial charge < -0.3 is 19.9 Å². The normalized spacial score (nSPS) is 14.0. The molecule has 3 amide bonds. The Bertz CT molecular complexity index is 1150. The van der Waals surface area contributed by atoms with E-state index in [1.54, 1.807) is 24.6 Å². The van der Waals surface area contributed by atoms with E-state index in [1.807, 2.05) is 11.0 Å². The summed E-state index contributed by atoms with van der Waals surface area (Å²) in [7, 11) is 1.55. The van der Waals surface area contributed by atoms with E-state index in [-0.39, 0.29) is 18.1 Å². The third kappa shape index (κ3) is 6.89. The zero-order chi connectivity index (χ0) is 25.3. The van der Waals surface area contributed by atoms with Crippen LogP contribution < -0.4 is 5.32 Å². The SMILES string of the molecule is COCCN(Cc1nc(C(=O)N2CCC(Cc3ccccc3)CC2)cs1)C(=O)Nc1ccccc1F. The summed E-state index contributed by atoms with van der Waals surface area (Å²) in [6.45, 7) is 2.25. The quantitative estimate of drug-likeness (QED) is 0.437. The first-order valence-electron chi connectivity index (χ1n) is 12.1. The number of amides is 3. The van der Waals surface area contributed by atoms with Gasteiger partial charge >= 0.3 is 6.03 Å². The van der Waals surface area contributed by atoms with Crippen molar-refractivity contribution in [1.82, 2.24) is 14.8 Å². The lowest BCUT2D eigenvalue weighted by Crippen LogP contribution is -2.39. The number of aromatic nitrogens is 1. The Balaban J connectivity index is 1.33. The zero-order valence-electron chi connectivity index (χ0n) is 20.4. The van der Waals surface area contributed by atoms with E-state index in [9.17, 15) is 14.0 Å². The molecule has 4 rings (SSSR count). The number of hydrogen-bond acceptors (Lipinski definition) is 5. The molecule has 1 saturated heterocycles. The van der Waals surface area contributed by atoms with Crippen molar-refractivity contribution in [3.05, 3.63) is 82.1 Å². The number of ether oxygens (including phenoxy) is 1. The summed E-state index contributed by atoms with van der Waals surface area (Å²) >= 11 is 1.34. The molecule has 0 atom stereocenters. The molecule has 3 aromatic rings. The van der Waals surface area contributed by atoms with Crippen LogP contribution in [0.1, 0.15) is 33.9 Å². The number of piperidine rings is 1. The topological polar surface area (TPSA) is 74.8 Å². The number of rotatable bonds is 9. The third-order valence-electron chi connectivity index (χ3n) is 6.33. The molecule has 0 unspecified atom stereocenters. The van der Waals surface area contributed by atoms with E-state index in [0.717, 1.165) is 19.3 Å². The van der Waals surface area contributed by atoms with Crippen LogP contribution in [0.5, 0.6) is 0 Å². The molecule has 1 N–H and O–H groups in total. The molecule has 1 aliphatic rings. The Labute approximate surface area is 214 Å². The highest BCUT2D eigenvalue weighted by atomic mass is 32.1. The number of urea groups is 1. The minimum absolute atomic E-state index is 0.0742. The highest BCUT2D eigenvalue weighted by Crippen LogP contribution is 2.24. The summed E-state index contributed by atoms with van der Waals surface area (Å²) < 4.78 is 19.1. The average Bonchev–Trinajstić information content (AvgIpc) is 3.37. The van der Waals surface area contributed by atoms with Crippen molar-refractivity contribution in [3.8, 4) is 0 Å². The van der Waals surface area contributed by atoms with Gasteiger partial charge in [-0.1, -0.05) is 42.5 Å². The number of carbonyl (C=O) groups is 2. The van der Waals surface area contributed by atoms with E-state index in [4.69, 9.17) is 4.74 Å². The fourth-order valence-corrected chi connectivity index (χ4v) is 5.09. The van der Waals surface area contributed by atoms with E-state index in [2.05, 4.69) is 34.6 Å². The van der Waals surface area contributed by atoms with Crippen LogP contribution in [0.2, 0.25) is 0 Å². The molecule has 1 aliphatic heterocycles. The predicted molar refractivity (Wildman–Crippen MR) is 139 cm³/mol. The number of anilines is 1. The van der Waals surface area contributed by atoms with E-state index in [1.165, 1.54) is 33.9 Å². The number of likely N-dealkylation sites (tertiary alicyclic amines) is 1. The van der Waals surface area contributed by atoms with Gasteiger partial charge in [0.1, 0.15) is 16.5 Å². The van der Waals surface area contributed by atoms with Crippen LogP contribution in [0.15, 0.2) is 60.0 Å². The number of thiazole rings is 1. The highest BCUT2D eigenvalue weighted by molar-refractivity contribution is 7.09. The fraction of sp³-hybridized carbons (Fsp3) is 0.370. The molecular formula is C27H31FN4O3S. The lowest BCUT2D eigenvalue weighted by molar-refractivity contribution is 0.0685. The molecule has 1 fully saturated rings. The summed E-state index contributed by atoms with van der Waals surface area (Å²) in [5.74, 6) is -0.00752. The van der Waals surface area contributed by atoms with Crippen molar-refractivity contribution in [2.75, 3.05) is 38.7 Å². The third-order valence-corrected chi connectivity index (χ3v) is 7.17.